The second-order valence-electron chi connectivity index (χ2n) is 11.9. The standard InChI is InChI=1S/C36H50FN5O/c1-7-26(4)15-16-30(27(5)37)24-40-19-17-32(18-20-40)42-22-21-41(25-31(42)8-2)28(6)35(43)23-34-33(9-3)38-36(39-34)29-13-11-10-12-14-29/h7,9-16,23,28,31-32,43H,3,8,17-22,24-25H2,1-2,4-6H3,(H,38,39)/b16-15-,26-7-,30-27-,35-23+. The molecule has 2 saturated heterocycles. The molecule has 2 aliphatic rings. The van der Waals surface area contributed by atoms with Crippen molar-refractivity contribution < 1.29 is 9.50 Å². The number of allylic oxidation sites excluding steroid dienone is 4. The van der Waals surface area contributed by atoms with Gasteiger partial charge in [0.05, 0.1) is 17.4 Å². The van der Waals surface area contributed by atoms with E-state index in [2.05, 4.69) is 45.1 Å². The number of likely N-dealkylation sites (tertiary alicyclic amines) is 1. The summed E-state index contributed by atoms with van der Waals surface area (Å²) in [4.78, 5) is 15.5. The van der Waals surface area contributed by atoms with Crippen molar-refractivity contribution in [2.45, 2.75) is 72.0 Å². The topological polar surface area (TPSA) is 58.6 Å². The minimum absolute atomic E-state index is 0.0965. The van der Waals surface area contributed by atoms with E-state index in [1.165, 1.54) is 0 Å². The smallest absolute Gasteiger partial charge is 0.138 e. The quantitative estimate of drug-likeness (QED) is 0.209. The van der Waals surface area contributed by atoms with Gasteiger partial charge in [0.2, 0.25) is 0 Å². The van der Waals surface area contributed by atoms with Crippen LogP contribution in [0, 0.1) is 0 Å². The second-order valence-corrected chi connectivity index (χ2v) is 11.9. The fourth-order valence-electron chi connectivity index (χ4n) is 6.20. The Morgan fingerprint density at radius 3 is 2.49 bits per heavy atom. The van der Waals surface area contributed by atoms with Crippen LogP contribution in [0.2, 0.25) is 0 Å². The van der Waals surface area contributed by atoms with Gasteiger partial charge in [-0.3, -0.25) is 14.7 Å². The summed E-state index contributed by atoms with van der Waals surface area (Å²) in [6, 6.07) is 10.9. The van der Waals surface area contributed by atoms with E-state index in [0.29, 0.717) is 24.4 Å². The Bertz CT molecular complexity index is 1330. The number of aromatic nitrogens is 2. The Morgan fingerprint density at radius 2 is 1.86 bits per heavy atom. The highest BCUT2D eigenvalue weighted by Crippen LogP contribution is 2.27. The van der Waals surface area contributed by atoms with Crippen LogP contribution < -0.4 is 0 Å². The number of halogens is 1. The van der Waals surface area contributed by atoms with Crippen molar-refractivity contribution in [2.75, 3.05) is 39.3 Å². The third-order valence-corrected chi connectivity index (χ3v) is 9.17. The average molecular weight is 588 g/mol. The second kappa shape index (κ2) is 15.5. The number of nitrogens with zero attached hydrogens (tertiary/aromatic N) is 4. The predicted molar refractivity (Wildman–Crippen MR) is 178 cm³/mol. The van der Waals surface area contributed by atoms with Crippen molar-refractivity contribution in [3.8, 4) is 11.4 Å². The zero-order valence-corrected chi connectivity index (χ0v) is 26.7. The lowest BCUT2D eigenvalue weighted by Crippen LogP contribution is -2.59. The van der Waals surface area contributed by atoms with E-state index in [1.807, 2.05) is 62.4 Å². The van der Waals surface area contributed by atoms with E-state index in [9.17, 15) is 9.50 Å². The fourth-order valence-corrected chi connectivity index (χ4v) is 6.20. The van der Waals surface area contributed by atoms with E-state index >= 15 is 0 Å². The number of benzene rings is 1. The first-order chi connectivity index (χ1) is 20.7. The molecule has 1 aromatic carbocycles. The van der Waals surface area contributed by atoms with Crippen LogP contribution >= 0.6 is 0 Å². The number of aromatic amines is 1. The number of imidazole rings is 1. The number of hydrogen-bond acceptors (Lipinski definition) is 5. The van der Waals surface area contributed by atoms with Crippen LogP contribution in [0.25, 0.3) is 23.5 Å². The van der Waals surface area contributed by atoms with Gasteiger partial charge >= 0.3 is 0 Å². The molecule has 232 valence electrons. The van der Waals surface area contributed by atoms with Gasteiger partial charge in [0, 0.05) is 49.9 Å². The number of aliphatic hydroxyl groups is 1. The zero-order valence-electron chi connectivity index (χ0n) is 26.7. The summed E-state index contributed by atoms with van der Waals surface area (Å²) in [7, 11) is 0. The van der Waals surface area contributed by atoms with Gasteiger partial charge in [-0.1, -0.05) is 67.6 Å². The van der Waals surface area contributed by atoms with Crippen molar-refractivity contribution in [2.24, 2.45) is 0 Å². The molecule has 7 heteroatoms. The van der Waals surface area contributed by atoms with E-state index in [4.69, 9.17) is 0 Å². The van der Waals surface area contributed by atoms with Gasteiger partial charge in [0.1, 0.15) is 17.4 Å². The van der Waals surface area contributed by atoms with Gasteiger partial charge in [-0.25, -0.2) is 9.37 Å². The Morgan fingerprint density at radius 1 is 1.14 bits per heavy atom. The van der Waals surface area contributed by atoms with Gasteiger partial charge < -0.3 is 10.1 Å². The van der Waals surface area contributed by atoms with E-state index in [0.717, 1.165) is 85.9 Å². The molecule has 2 unspecified atom stereocenters. The molecule has 0 radical (unpaired) electrons. The molecule has 0 saturated carbocycles. The minimum atomic E-state index is -0.104. The summed E-state index contributed by atoms with van der Waals surface area (Å²) in [6.45, 7) is 19.3. The lowest BCUT2D eigenvalue weighted by Gasteiger charge is -2.48. The summed E-state index contributed by atoms with van der Waals surface area (Å²) in [5.41, 5.74) is 4.40. The Kier molecular flexibility index (Phi) is 11.7. The van der Waals surface area contributed by atoms with Gasteiger partial charge in [0.25, 0.3) is 0 Å². The maximum atomic E-state index is 14.3. The molecule has 3 heterocycles. The first kappa shape index (κ1) is 32.6. The molecule has 6 nitrogen and oxygen atoms in total. The highest BCUT2D eigenvalue weighted by atomic mass is 19.1. The van der Waals surface area contributed by atoms with E-state index < -0.39 is 0 Å². The molecule has 0 aliphatic carbocycles. The largest absolute Gasteiger partial charge is 0.511 e. The van der Waals surface area contributed by atoms with Crippen LogP contribution in [0.3, 0.4) is 0 Å². The normalized spacial score (nSPS) is 21.8. The van der Waals surface area contributed by atoms with Gasteiger partial charge in [-0.05, 0) is 71.7 Å². The lowest BCUT2D eigenvalue weighted by atomic mass is 9.97. The number of H-pyrrole nitrogens is 1. The monoisotopic (exact) mass is 587 g/mol. The summed E-state index contributed by atoms with van der Waals surface area (Å²) >= 11 is 0. The molecule has 4 rings (SSSR count). The van der Waals surface area contributed by atoms with Gasteiger partial charge in [0.15, 0.2) is 0 Å². The maximum Gasteiger partial charge on any atom is 0.138 e. The van der Waals surface area contributed by atoms with Crippen LogP contribution in [0.4, 0.5) is 4.39 Å². The molecule has 2 fully saturated rings. The highest BCUT2D eigenvalue weighted by molar-refractivity contribution is 5.66. The Balaban J connectivity index is 1.35. The zero-order chi connectivity index (χ0) is 30.9. The number of nitrogens with one attached hydrogen (secondary N) is 1. The summed E-state index contributed by atoms with van der Waals surface area (Å²) in [6.07, 6.45) is 12.8. The SMILES string of the molecule is C=Cc1nc(-c2ccccc2)[nH]c1/C=C(/O)C(C)N1CCN(C2CCN(CC(/C=C\C(C)=C/C)=C(/C)F)CC2)C(CC)C1. The first-order valence-corrected chi connectivity index (χ1v) is 15.8. The number of piperazine rings is 1. The molecule has 0 amide bonds. The predicted octanol–water partition coefficient (Wildman–Crippen LogP) is 7.63. The molecule has 2 aliphatic heterocycles. The fraction of sp³-hybridized carbons (Fsp3) is 0.472. The molecular weight excluding hydrogens is 537 g/mol. The van der Waals surface area contributed by atoms with Crippen molar-refractivity contribution in [1.29, 1.82) is 0 Å². The first-order valence-electron chi connectivity index (χ1n) is 15.8. The maximum absolute atomic E-state index is 14.3. The van der Waals surface area contributed by atoms with Crippen molar-refractivity contribution in [3.05, 3.63) is 89.3 Å². The Labute approximate surface area is 258 Å². The molecular formula is C36H50FN5O. The highest BCUT2D eigenvalue weighted by Gasteiger charge is 2.35. The number of hydrogen-bond donors (Lipinski definition) is 2. The van der Waals surface area contributed by atoms with E-state index in [-0.39, 0.29) is 11.9 Å². The van der Waals surface area contributed by atoms with Crippen molar-refractivity contribution in [1.82, 2.24) is 24.7 Å². The molecule has 2 N–H and O–H groups in total. The lowest BCUT2D eigenvalue weighted by molar-refractivity contribution is 0.00245. The summed E-state index contributed by atoms with van der Waals surface area (Å²) in [5, 5.41) is 11.2. The van der Waals surface area contributed by atoms with Crippen LogP contribution in [0.1, 0.15) is 65.3 Å². The third-order valence-electron chi connectivity index (χ3n) is 9.17. The molecule has 2 atom stereocenters. The molecule has 0 bridgehead atoms. The van der Waals surface area contributed by atoms with Crippen molar-refractivity contribution >= 4 is 12.2 Å². The van der Waals surface area contributed by atoms with Crippen LogP contribution in [0.5, 0.6) is 0 Å². The van der Waals surface area contributed by atoms with Crippen molar-refractivity contribution in [3.63, 3.8) is 0 Å². The number of piperidine rings is 1. The number of rotatable bonds is 11. The van der Waals surface area contributed by atoms with Crippen LogP contribution in [-0.2, 0) is 0 Å². The number of aliphatic hydroxyl groups excluding tert-OH is 1. The molecule has 2 aromatic rings. The van der Waals surface area contributed by atoms with Gasteiger partial charge in [-0.2, -0.15) is 0 Å². The molecule has 43 heavy (non-hydrogen) atoms. The molecule has 1 aromatic heterocycles. The minimum Gasteiger partial charge on any atom is -0.511 e. The van der Waals surface area contributed by atoms with E-state index in [1.54, 1.807) is 19.1 Å². The van der Waals surface area contributed by atoms with Crippen LogP contribution in [-0.4, -0.2) is 87.2 Å². The average Bonchev–Trinajstić information content (AvgIpc) is 3.45. The Hall–Kier alpha value is -3.26. The van der Waals surface area contributed by atoms with Gasteiger partial charge in [-0.15, -0.1) is 0 Å². The third kappa shape index (κ3) is 8.43. The summed E-state index contributed by atoms with van der Waals surface area (Å²) < 4.78 is 14.3. The van der Waals surface area contributed by atoms with Crippen LogP contribution in [0.15, 0.2) is 77.9 Å². The summed E-state index contributed by atoms with van der Waals surface area (Å²) in [5.74, 6) is 0.995. The molecule has 0 spiro atoms.